The molecule has 0 aliphatic heterocycles. The highest BCUT2D eigenvalue weighted by Gasteiger charge is 2.05. The molecule has 16 heavy (non-hydrogen) atoms. The first-order valence-corrected chi connectivity index (χ1v) is 7.84. The number of rotatable bonds is 8. The van der Waals surface area contributed by atoms with Crippen molar-refractivity contribution in [3.63, 3.8) is 0 Å². The van der Waals surface area contributed by atoms with Crippen molar-refractivity contribution in [1.82, 2.24) is 5.32 Å². The highest BCUT2D eigenvalue weighted by molar-refractivity contribution is 9.11. The largest absolute Gasteiger partial charge is 0.314 e. The molecule has 1 nitrogen and oxygen atoms in total. The predicted molar refractivity (Wildman–Crippen MR) is 77.3 cm³/mol. The quantitative estimate of drug-likeness (QED) is 0.739. The molecule has 1 unspecified atom stereocenters. The first-order valence-electron chi connectivity index (χ1n) is 6.23. The van der Waals surface area contributed by atoms with Gasteiger partial charge in [0.1, 0.15) is 0 Å². The maximum atomic E-state index is 3.60. The van der Waals surface area contributed by atoms with Gasteiger partial charge in [0.25, 0.3) is 0 Å². The molecule has 92 valence electrons. The average Bonchev–Trinajstić information content (AvgIpc) is 2.69. The minimum atomic E-state index is 0.711. The smallest absolute Gasteiger partial charge is 0.0701 e. The molecule has 0 aliphatic rings. The molecule has 1 atom stereocenters. The second-order valence-electron chi connectivity index (χ2n) is 4.16. The number of aryl methyl sites for hydroxylation is 1. The van der Waals surface area contributed by atoms with Crippen molar-refractivity contribution in [3.05, 3.63) is 20.8 Å². The Kier molecular flexibility index (Phi) is 7.33. The van der Waals surface area contributed by atoms with Crippen LogP contribution >= 0.6 is 27.3 Å². The molecule has 0 saturated heterocycles. The molecule has 0 spiro atoms. The van der Waals surface area contributed by atoms with Gasteiger partial charge in [0.15, 0.2) is 0 Å². The predicted octanol–water partition coefficient (Wildman–Crippen LogP) is 4.61. The molecule has 0 saturated carbocycles. The molecule has 3 heteroatoms. The van der Waals surface area contributed by atoms with Crippen molar-refractivity contribution in [3.8, 4) is 0 Å². The fourth-order valence-corrected chi connectivity index (χ4v) is 3.33. The van der Waals surface area contributed by atoms with Crippen LogP contribution in [-0.4, -0.2) is 12.6 Å². The van der Waals surface area contributed by atoms with Crippen LogP contribution < -0.4 is 5.32 Å². The number of halogens is 1. The lowest BCUT2D eigenvalue weighted by Gasteiger charge is -2.15. The summed E-state index contributed by atoms with van der Waals surface area (Å²) in [5.74, 6) is 0. The summed E-state index contributed by atoms with van der Waals surface area (Å²) in [4.78, 5) is 1.50. The normalized spacial score (nSPS) is 12.9. The Morgan fingerprint density at radius 1 is 1.38 bits per heavy atom. The fourth-order valence-electron chi connectivity index (χ4n) is 1.81. The Bertz CT molecular complexity index is 285. The van der Waals surface area contributed by atoms with Crippen molar-refractivity contribution in [2.24, 2.45) is 0 Å². The zero-order valence-corrected chi connectivity index (χ0v) is 12.7. The Labute approximate surface area is 112 Å². The standard InChI is InChI=1S/C13H22BrNS/c1-3-10-15-11(4-2)6-5-7-12-8-9-13(14)16-12/h8-9,11,15H,3-7,10H2,1-2H3. The van der Waals surface area contributed by atoms with Crippen LogP contribution in [0.15, 0.2) is 15.9 Å². The minimum absolute atomic E-state index is 0.711. The van der Waals surface area contributed by atoms with Crippen molar-refractivity contribution >= 4 is 27.3 Å². The molecule has 1 aromatic rings. The highest BCUT2D eigenvalue weighted by atomic mass is 79.9. The molecule has 0 radical (unpaired) electrons. The SMILES string of the molecule is CCCNC(CC)CCCc1ccc(Br)s1. The molecule has 1 aromatic heterocycles. The Balaban J connectivity index is 2.17. The zero-order valence-electron chi connectivity index (χ0n) is 10.3. The van der Waals surface area contributed by atoms with Gasteiger partial charge in [0.2, 0.25) is 0 Å². The number of hydrogen-bond acceptors (Lipinski definition) is 2. The van der Waals surface area contributed by atoms with E-state index in [0.717, 1.165) is 6.54 Å². The summed E-state index contributed by atoms with van der Waals surface area (Å²) in [5.41, 5.74) is 0. The number of nitrogens with one attached hydrogen (secondary N) is 1. The Hall–Kier alpha value is 0.140. The van der Waals surface area contributed by atoms with Gasteiger partial charge in [0, 0.05) is 10.9 Å². The van der Waals surface area contributed by atoms with E-state index in [1.807, 2.05) is 11.3 Å². The first kappa shape index (κ1) is 14.2. The van der Waals surface area contributed by atoms with Crippen molar-refractivity contribution < 1.29 is 0 Å². The highest BCUT2D eigenvalue weighted by Crippen LogP contribution is 2.23. The summed E-state index contributed by atoms with van der Waals surface area (Å²) in [6, 6.07) is 5.09. The van der Waals surface area contributed by atoms with Crippen LogP contribution in [0.5, 0.6) is 0 Å². The summed E-state index contributed by atoms with van der Waals surface area (Å²) in [6.07, 6.45) is 6.29. The van der Waals surface area contributed by atoms with Crippen molar-refractivity contribution in [1.29, 1.82) is 0 Å². The summed E-state index contributed by atoms with van der Waals surface area (Å²) < 4.78 is 1.25. The van der Waals surface area contributed by atoms with Gasteiger partial charge >= 0.3 is 0 Å². The van der Waals surface area contributed by atoms with Crippen LogP contribution in [0.1, 0.15) is 44.4 Å². The van der Waals surface area contributed by atoms with Gasteiger partial charge in [-0.1, -0.05) is 13.8 Å². The number of hydrogen-bond donors (Lipinski definition) is 1. The topological polar surface area (TPSA) is 12.0 Å². The Morgan fingerprint density at radius 3 is 2.75 bits per heavy atom. The van der Waals surface area contributed by atoms with Gasteiger partial charge in [-0.15, -0.1) is 11.3 Å². The van der Waals surface area contributed by atoms with Gasteiger partial charge in [-0.05, 0) is 66.7 Å². The summed E-state index contributed by atoms with van der Waals surface area (Å²) >= 11 is 5.37. The van der Waals surface area contributed by atoms with Crippen LogP contribution in [0.4, 0.5) is 0 Å². The van der Waals surface area contributed by atoms with E-state index >= 15 is 0 Å². The van der Waals surface area contributed by atoms with Gasteiger partial charge in [0.05, 0.1) is 3.79 Å². The van der Waals surface area contributed by atoms with Crippen molar-refractivity contribution in [2.45, 2.75) is 52.0 Å². The van der Waals surface area contributed by atoms with E-state index in [2.05, 4.69) is 47.2 Å². The fraction of sp³-hybridized carbons (Fsp3) is 0.692. The van der Waals surface area contributed by atoms with Crippen LogP contribution in [-0.2, 0) is 6.42 Å². The van der Waals surface area contributed by atoms with E-state index in [-0.39, 0.29) is 0 Å². The zero-order chi connectivity index (χ0) is 11.8. The van der Waals surface area contributed by atoms with Gasteiger partial charge < -0.3 is 5.32 Å². The van der Waals surface area contributed by atoms with Gasteiger partial charge in [-0.25, -0.2) is 0 Å². The summed E-state index contributed by atoms with van der Waals surface area (Å²) in [6.45, 7) is 5.65. The molecule has 0 amide bonds. The lowest BCUT2D eigenvalue weighted by molar-refractivity contribution is 0.456. The second-order valence-corrected chi connectivity index (χ2v) is 6.70. The van der Waals surface area contributed by atoms with Crippen LogP contribution in [0.2, 0.25) is 0 Å². The van der Waals surface area contributed by atoms with E-state index in [1.165, 1.54) is 40.8 Å². The van der Waals surface area contributed by atoms with Crippen molar-refractivity contribution in [2.75, 3.05) is 6.54 Å². The maximum Gasteiger partial charge on any atom is 0.0701 e. The third-order valence-corrected chi connectivity index (χ3v) is 4.46. The van der Waals surface area contributed by atoms with E-state index in [1.54, 1.807) is 0 Å². The third-order valence-electron chi connectivity index (χ3n) is 2.78. The Morgan fingerprint density at radius 2 is 2.19 bits per heavy atom. The molecule has 0 bridgehead atoms. The number of thiophene rings is 1. The lowest BCUT2D eigenvalue weighted by Crippen LogP contribution is -2.29. The minimum Gasteiger partial charge on any atom is -0.314 e. The molecule has 0 aromatic carbocycles. The van der Waals surface area contributed by atoms with Crippen LogP contribution in [0.25, 0.3) is 0 Å². The monoisotopic (exact) mass is 303 g/mol. The average molecular weight is 304 g/mol. The van der Waals surface area contributed by atoms with E-state index < -0.39 is 0 Å². The van der Waals surface area contributed by atoms with Gasteiger partial charge in [-0.2, -0.15) is 0 Å². The van der Waals surface area contributed by atoms with E-state index in [9.17, 15) is 0 Å². The lowest BCUT2D eigenvalue weighted by atomic mass is 10.1. The van der Waals surface area contributed by atoms with Gasteiger partial charge in [-0.3, -0.25) is 0 Å². The van der Waals surface area contributed by atoms with Crippen LogP contribution in [0, 0.1) is 0 Å². The third kappa shape index (κ3) is 5.46. The summed E-state index contributed by atoms with van der Waals surface area (Å²) in [7, 11) is 0. The molecular weight excluding hydrogens is 282 g/mol. The molecule has 0 aliphatic carbocycles. The van der Waals surface area contributed by atoms with E-state index in [4.69, 9.17) is 0 Å². The molecule has 1 N–H and O–H groups in total. The molecular formula is C13H22BrNS. The molecule has 0 fully saturated rings. The first-order chi connectivity index (χ1) is 7.76. The van der Waals surface area contributed by atoms with E-state index in [0.29, 0.717) is 6.04 Å². The summed E-state index contributed by atoms with van der Waals surface area (Å²) in [5, 5.41) is 3.60. The maximum absolute atomic E-state index is 3.60. The molecule has 1 heterocycles. The molecule has 1 rings (SSSR count). The second kappa shape index (κ2) is 8.26. The van der Waals surface area contributed by atoms with Crippen LogP contribution in [0.3, 0.4) is 0 Å².